The quantitative estimate of drug-likeness (QED) is 0.817. The Labute approximate surface area is 136 Å². The monoisotopic (exact) mass is 318 g/mol. The molecule has 2 rings (SSSR count). The van der Waals surface area contributed by atoms with Gasteiger partial charge in [0, 0.05) is 17.6 Å². The Morgan fingerprint density at radius 1 is 1.41 bits per heavy atom. The van der Waals surface area contributed by atoms with Crippen molar-refractivity contribution in [3.63, 3.8) is 0 Å². The molecular formula is C17H22N2O2S. The Hall–Kier alpha value is -1.72. The molecule has 0 saturated heterocycles. The summed E-state index contributed by atoms with van der Waals surface area (Å²) in [7, 11) is 3.35. The van der Waals surface area contributed by atoms with Crippen LogP contribution in [0.3, 0.4) is 0 Å². The van der Waals surface area contributed by atoms with Gasteiger partial charge in [-0.2, -0.15) is 0 Å². The third kappa shape index (κ3) is 4.39. The highest BCUT2D eigenvalue weighted by atomic mass is 32.2. The lowest BCUT2D eigenvalue weighted by atomic mass is 10.2. The Kier molecular flexibility index (Phi) is 6.10. The average molecular weight is 318 g/mol. The number of ether oxygens (including phenoxy) is 1. The molecule has 1 N–H and O–H groups in total. The van der Waals surface area contributed by atoms with E-state index in [4.69, 9.17) is 4.74 Å². The molecular weight excluding hydrogens is 296 g/mol. The first-order valence-corrected chi connectivity index (χ1v) is 8.13. The van der Waals surface area contributed by atoms with Crippen LogP contribution in [-0.4, -0.2) is 36.4 Å². The van der Waals surface area contributed by atoms with Gasteiger partial charge in [-0.3, -0.25) is 10.1 Å². The van der Waals surface area contributed by atoms with Crippen LogP contribution in [0.5, 0.6) is 0 Å². The highest BCUT2D eigenvalue weighted by Gasteiger charge is 2.20. The van der Waals surface area contributed by atoms with Crippen molar-refractivity contribution in [3.05, 3.63) is 59.2 Å². The van der Waals surface area contributed by atoms with Crippen molar-refractivity contribution >= 4 is 17.7 Å². The largest absolute Gasteiger partial charge is 0.468 e. The number of hydrogen-bond acceptors (Lipinski definition) is 5. The zero-order chi connectivity index (χ0) is 15.9. The summed E-state index contributed by atoms with van der Waals surface area (Å²) in [6.45, 7) is 2.69. The van der Waals surface area contributed by atoms with Gasteiger partial charge < -0.3 is 9.64 Å². The molecule has 22 heavy (non-hydrogen) atoms. The second-order valence-electron chi connectivity index (χ2n) is 5.06. The zero-order valence-electron chi connectivity index (χ0n) is 13.2. The van der Waals surface area contributed by atoms with Gasteiger partial charge in [-0.15, -0.1) is 11.8 Å². The minimum atomic E-state index is -0.209. The van der Waals surface area contributed by atoms with Gasteiger partial charge in [0.1, 0.15) is 5.25 Å². The molecule has 0 amide bonds. The Morgan fingerprint density at radius 3 is 2.77 bits per heavy atom. The van der Waals surface area contributed by atoms with E-state index in [0.717, 1.165) is 11.4 Å². The highest BCUT2D eigenvalue weighted by Crippen LogP contribution is 2.28. The number of thioether (sulfide) groups is 1. The smallest absolute Gasteiger partial charge is 0.318 e. The van der Waals surface area contributed by atoms with E-state index in [-0.39, 0.29) is 17.4 Å². The lowest BCUT2D eigenvalue weighted by molar-refractivity contribution is -0.139. The van der Waals surface area contributed by atoms with Crippen molar-refractivity contribution < 1.29 is 9.53 Å². The highest BCUT2D eigenvalue weighted by molar-refractivity contribution is 8.04. The van der Waals surface area contributed by atoms with E-state index in [1.165, 1.54) is 24.4 Å². The van der Waals surface area contributed by atoms with Crippen molar-refractivity contribution in [2.45, 2.75) is 24.9 Å². The number of likely N-dealkylation sites (N-methyl/N-ethyl adjacent to an activating group) is 1. The normalized spacial score (nSPS) is 18.8. The van der Waals surface area contributed by atoms with E-state index < -0.39 is 0 Å². The van der Waals surface area contributed by atoms with E-state index in [1.54, 1.807) is 0 Å². The second kappa shape index (κ2) is 8.06. The number of rotatable bonds is 6. The molecule has 1 aliphatic heterocycles. The van der Waals surface area contributed by atoms with Crippen LogP contribution in [0, 0.1) is 0 Å². The maximum Gasteiger partial charge on any atom is 0.318 e. The van der Waals surface area contributed by atoms with E-state index in [9.17, 15) is 4.79 Å². The van der Waals surface area contributed by atoms with Crippen LogP contribution in [0.15, 0.2) is 53.6 Å². The first-order chi connectivity index (χ1) is 10.6. The van der Waals surface area contributed by atoms with Crippen LogP contribution in [0.25, 0.3) is 0 Å². The molecule has 1 heterocycles. The summed E-state index contributed by atoms with van der Waals surface area (Å²) < 4.78 is 4.77. The fraction of sp³-hybridized carbons (Fsp3) is 0.353. The van der Waals surface area contributed by atoms with Gasteiger partial charge in [-0.1, -0.05) is 30.3 Å². The number of allylic oxidation sites excluding steroid dienone is 1. The molecule has 0 spiro atoms. The maximum absolute atomic E-state index is 11.5. The summed E-state index contributed by atoms with van der Waals surface area (Å²) in [5.41, 5.74) is 1.26. The van der Waals surface area contributed by atoms with Gasteiger partial charge in [-0.25, -0.2) is 0 Å². The first kappa shape index (κ1) is 16.6. The number of carbonyl (C=O) groups is 1. The Balaban J connectivity index is 2.01. The summed E-state index contributed by atoms with van der Waals surface area (Å²) in [6, 6.07) is 10.4. The number of methoxy groups -OCH3 is 1. The SMILES string of the molecule is CNC1C=C(SC(C)C(=O)OC)C=CN1Cc1ccccc1. The summed E-state index contributed by atoms with van der Waals surface area (Å²) >= 11 is 1.51. The molecule has 118 valence electrons. The summed E-state index contributed by atoms with van der Waals surface area (Å²) in [6.07, 6.45) is 6.35. The zero-order valence-corrected chi connectivity index (χ0v) is 14.0. The molecule has 0 bridgehead atoms. The van der Waals surface area contributed by atoms with Crippen LogP contribution >= 0.6 is 11.8 Å². The van der Waals surface area contributed by atoms with Crippen molar-refractivity contribution in [2.75, 3.05) is 14.2 Å². The second-order valence-corrected chi connectivity index (χ2v) is 6.47. The van der Waals surface area contributed by atoms with Crippen molar-refractivity contribution in [3.8, 4) is 0 Å². The maximum atomic E-state index is 11.5. The lowest BCUT2D eigenvalue weighted by Crippen LogP contribution is -2.40. The third-order valence-corrected chi connectivity index (χ3v) is 4.55. The van der Waals surface area contributed by atoms with E-state index in [1.807, 2.05) is 38.2 Å². The van der Waals surface area contributed by atoms with Gasteiger partial charge in [0.25, 0.3) is 0 Å². The standard InChI is InChI=1S/C17H22N2O2S/c1-13(17(20)21-3)22-15-9-10-19(16(11-15)18-2)12-14-7-5-4-6-8-14/h4-11,13,16,18H,12H2,1-3H3. The average Bonchev–Trinajstić information content (AvgIpc) is 2.56. The van der Waals surface area contributed by atoms with Gasteiger partial charge >= 0.3 is 5.97 Å². The molecule has 4 nitrogen and oxygen atoms in total. The molecule has 1 aliphatic rings. The van der Waals surface area contributed by atoms with Crippen LogP contribution in [0.2, 0.25) is 0 Å². The van der Waals surface area contributed by atoms with Gasteiger partial charge in [-0.05, 0) is 31.7 Å². The fourth-order valence-corrected chi connectivity index (χ4v) is 3.21. The van der Waals surface area contributed by atoms with Crippen molar-refractivity contribution in [1.82, 2.24) is 10.2 Å². The molecule has 0 aromatic heterocycles. The minimum Gasteiger partial charge on any atom is -0.468 e. The Morgan fingerprint density at radius 2 is 2.14 bits per heavy atom. The van der Waals surface area contributed by atoms with Crippen LogP contribution in [0.1, 0.15) is 12.5 Å². The Bertz CT molecular complexity index is 557. The van der Waals surface area contributed by atoms with Crippen LogP contribution in [-0.2, 0) is 16.1 Å². The first-order valence-electron chi connectivity index (χ1n) is 7.25. The third-order valence-electron chi connectivity index (χ3n) is 3.46. The number of benzene rings is 1. The molecule has 0 aliphatic carbocycles. The minimum absolute atomic E-state index is 0.109. The molecule has 2 unspecified atom stereocenters. The van der Waals surface area contributed by atoms with Gasteiger partial charge in [0.2, 0.25) is 0 Å². The number of esters is 1. The predicted octanol–water partition coefficient (Wildman–Crippen LogP) is 2.74. The van der Waals surface area contributed by atoms with Crippen molar-refractivity contribution in [1.29, 1.82) is 0 Å². The van der Waals surface area contributed by atoms with Crippen LogP contribution < -0.4 is 5.32 Å². The number of nitrogens with one attached hydrogen (secondary N) is 1. The number of carbonyl (C=O) groups excluding carboxylic acids is 1. The molecule has 1 aromatic carbocycles. The van der Waals surface area contributed by atoms with E-state index in [0.29, 0.717) is 0 Å². The van der Waals surface area contributed by atoms with E-state index >= 15 is 0 Å². The molecule has 0 radical (unpaired) electrons. The molecule has 0 saturated carbocycles. The molecule has 0 fully saturated rings. The molecule has 5 heteroatoms. The van der Waals surface area contributed by atoms with Crippen molar-refractivity contribution in [2.24, 2.45) is 0 Å². The summed E-state index contributed by atoms with van der Waals surface area (Å²) in [5.74, 6) is -0.202. The van der Waals surface area contributed by atoms with Gasteiger partial charge in [0.05, 0.1) is 13.3 Å². The summed E-state index contributed by atoms with van der Waals surface area (Å²) in [4.78, 5) is 14.8. The predicted molar refractivity (Wildman–Crippen MR) is 91.1 cm³/mol. The summed E-state index contributed by atoms with van der Waals surface area (Å²) in [5, 5.41) is 3.08. The fourth-order valence-electron chi connectivity index (χ4n) is 2.26. The topological polar surface area (TPSA) is 41.6 Å². The lowest BCUT2D eigenvalue weighted by Gasteiger charge is -2.31. The van der Waals surface area contributed by atoms with E-state index in [2.05, 4.69) is 34.6 Å². The molecule has 2 atom stereocenters. The number of nitrogens with zero attached hydrogens (tertiary/aromatic N) is 1. The van der Waals surface area contributed by atoms with Crippen LogP contribution in [0.4, 0.5) is 0 Å². The molecule has 1 aromatic rings. The van der Waals surface area contributed by atoms with Gasteiger partial charge in [0.15, 0.2) is 0 Å². The number of hydrogen-bond donors (Lipinski definition) is 1.